The van der Waals surface area contributed by atoms with Gasteiger partial charge in [-0.3, -0.25) is 0 Å². The highest BCUT2D eigenvalue weighted by Gasteiger charge is 2.25. The third kappa shape index (κ3) is 4.06. The maximum Gasteiger partial charge on any atom is 0.269 e. The topological polar surface area (TPSA) is 52.6 Å². The smallest absolute Gasteiger partial charge is 0.269 e. The van der Waals surface area contributed by atoms with Gasteiger partial charge < -0.3 is 4.74 Å². The van der Waals surface area contributed by atoms with Crippen LogP contribution in [0.2, 0.25) is 0 Å². The molecular formula is C8H16O4S. The maximum atomic E-state index is 11.2. The molecule has 0 aromatic heterocycles. The molecular weight excluding hydrogens is 192 g/mol. The Morgan fingerprint density at radius 2 is 2.15 bits per heavy atom. The minimum atomic E-state index is -3.34. The van der Waals surface area contributed by atoms with Crippen LogP contribution >= 0.6 is 0 Å². The highest BCUT2D eigenvalue weighted by atomic mass is 32.2. The molecule has 0 aromatic rings. The van der Waals surface area contributed by atoms with E-state index in [1.54, 1.807) is 0 Å². The molecule has 78 valence electrons. The van der Waals surface area contributed by atoms with E-state index >= 15 is 0 Å². The average Bonchev–Trinajstić information content (AvgIpc) is 1.98. The first-order chi connectivity index (χ1) is 6.14. The van der Waals surface area contributed by atoms with Crippen LogP contribution in [0.4, 0.5) is 0 Å². The molecule has 0 amide bonds. The molecule has 1 unspecified atom stereocenters. The molecule has 0 radical (unpaired) electrons. The van der Waals surface area contributed by atoms with Crippen LogP contribution in [-0.4, -0.2) is 27.1 Å². The quantitative estimate of drug-likeness (QED) is 0.487. The average molecular weight is 208 g/mol. The predicted molar refractivity (Wildman–Crippen MR) is 48.8 cm³/mol. The molecule has 1 rings (SSSR count). The van der Waals surface area contributed by atoms with Crippen LogP contribution in [0.1, 0.15) is 32.6 Å². The number of unbranched alkanes of at least 4 members (excludes halogenated alkanes) is 2. The monoisotopic (exact) mass is 208 g/mol. The lowest BCUT2D eigenvalue weighted by Crippen LogP contribution is -2.32. The van der Waals surface area contributed by atoms with Crippen LogP contribution < -0.4 is 0 Å². The summed E-state index contributed by atoms with van der Waals surface area (Å²) in [7, 11) is -3.34. The van der Waals surface area contributed by atoms with Gasteiger partial charge in [0, 0.05) is 6.42 Å². The van der Waals surface area contributed by atoms with Gasteiger partial charge >= 0.3 is 0 Å². The molecule has 5 heteroatoms. The van der Waals surface area contributed by atoms with Gasteiger partial charge in [0.1, 0.15) is 0 Å². The minimum absolute atomic E-state index is 0.112. The normalized spacial score (nSPS) is 22.7. The van der Waals surface area contributed by atoms with Gasteiger partial charge in [0.25, 0.3) is 10.1 Å². The van der Waals surface area contributed by atoms with Crippen LogP contribution in [0, 0.1) is 0 Å². The van der Waals surface area contributed by atoms with Crippen LogP contribution in [0.3, 0.4) is 0 Å². The number of ether oxygens (including phenoxy) is 1. The van der Waals surface area contributed by atoms with Crippen molar-refractivity contribution in [3.63, 3.8) is 0 Å². The molecule has 0 saturated carbocycles. The van der Waals surface area contributed by atoms with Crippen molar-refractivity contribution in [1.82, 2.24) is 0 Å². The van der Waals surface area contributed by atoms with Crippen molar-refractivity contribution < 1.29 is 17.3 Å². The highest BCUT2D eigenvalue weighted by molar-refractivity contribution is 7.86. The first-order valence-electron chi connectivity index (χ1n) is 4.66. The van der Waals surface area contributed by atoms with Crippen molar-refractivity contribution in [2.75, 3.05) is 12.4 Å². The summed E-state index contributed by atoms with van der Waals surface area (Å²) in [5, 5.41) is 0. The lowest BCUT2D eigenvalue weighted by molar-refractivity contribution is -0.162. The van der Waals surface area contributed by atoms with Crippen molar-refractivity contribution in [1.29, 1.82) is 0 Å². The third-order valence-electron chi connectivity index (χ3n) is 1.91. The number of hydrogen-bond acceptors (Lipinski definition) is 4. The van der Waals surface area contributed by atoms with E-state index in [0.29, 0.717) is 19.4 Å². The molecule has 13 heavy (non-hydrogen) atoms. The van der Waals surface area contributed by atoms with Gasteiger partial charge in [-0.15, -0.1) is 0 Å². The van der Waals surface area contributed by atoms with Gasteiger partial charge in [-0.1, -0.05) is 19.8 Å². The van der Waals surface area contributed by atoms with Gasteiger partial charge in [-0.2, -0.15) is 8.42 Å². The fourth-order valence-electron chi connectivity index (χ4n) is 1.03. The van der Waals surface area contributed by atoms with Gasteiger partial charge in [0.15, 0.2) is 6.29 Å². The SMILES string of the molecule is CCCCCS(=O)(=O)OC1CCO1. The molecule has 1 aliphatic rings. The zero-order valence-electron chi connectivity index (χ0n) is 7.86. The third-order valence-corrected chi connectivity index (χ3v) is 3.21. The van der Waals surface area contributed by atoms with E-state index in [-0.39, 0.29) is 5.75 Å². The molecule has 0 spiro atoms. The van der Waals surface area contributed by atoms with Crippen LogP contribution in [0.25, 0.3) is 0 Å². The molecule has 1 fully saturated rings. The van der Waals surface area contributed by atoms with Crippen molar-refractivity contribution in [3.05, 3.63) is 0 Å². The van der Waals surface area contributed by atoms with Crippen LogP contribution in [0.15, 0.2) is 0 Å². The van der Waals surface area contributed by atoms with E-state index in [1.165, 1.54) is 0 Å². The van der Waals surface area contributed by atoms with Crippen molar-refractivity contribution >= 4 is 10.1 Å². The summed E-state index contributed by atoms with van der Waals surface area (Å²) < 4.78 is 32.1. The summed E-state index contributed by atoms with van der Waals surface area (Å²) >= 11 is 0. The summed E-state index contributed by atoms with van der Waals surface area (Å²) in [5.74, 6) is 0.112. The van der Waals surface area contributed by atoms with Gasteiger partial charge in [0.2, 0.25) is 0 Å². The summed E-state index contributed by atoms with van der Waals surface area (Å²) in [6.45, 7) is 2.64. The van der Waals surface area contributed by atoms with Crippen molar-refractivity contribution in [2.45, 2.75) is 38.9 Å². The van der Waals surface area contributed by atoms with E-state index in [2.05, 4.69) is 0 Å². The molecule has 1 aliphatic heterocycles. The first kappa shape index (κ1) is 10.9. The summed E-state index contributed by atoms with van der Waals surface area (Å²) in [4.78, 5) is 0. The van der Waals surface area contributed by atoms with E-state index in [1.807, 2.05) is 6.92 Å². The van der Waals surface area contributed by atoms with Crippen LogP contribution in [-0.2, 0) is 19.0 Å². The molecule has 0 N–H and O–H groups in total. The summed E-state index contributed by atoms with van der Waals surface area (Å²) in [6.07, 6.45) is 2.79. The fraction of sp³-hybridized carbons (Fsp3) is 1.00. The van der Waals surface area contributed by atoms with Gasteiger partial charge in [-0.05, 0) is 6.42 Å². The van der Waals surface area contributed by atoms with Gasteiger partial charge in [0.05, 0.1) is 12.4 Å². The van der Waals surface area contributed by atoms with Crippen LogP contribution in [0.5, 0.6) is 0 Å². The van der Waals surface area contributed by atoms with Gasteiger partial charge in [-0.25, -0.2) is 4.18 Å². The second kappa shape index (κ2) is 4.93. The Labute approximate surface area is 79.3 Å². The molecule has 0 aromatic carbocycles. The van der Waals surface area contributed by atoms with Crippen molar-refractivity contribution in [2.24, 2.45) is 0 Å². The Bertz CT molecular complexity index is 231. The van der Waals surface area contributed by atoms with E-state index < -0.39 is 16.4 Å². The molecule has 1 atom stereocenters. The predicted octanol–water partition coefficient (Wildman–Crippen LogP) is 1.27. The first-order valence-corrected chi connectivity index (χ1v) is 6.24. The standard InChI is InChI=1S/C8H16O4S/c1-2-3-4-7-13(9,10)12-8-5-6-11-8/h8H,2-7H2,1H3. The molecule has 1 heterocycles. The second-order valence-electron chi connectivity index (χ2n) is 3.15. The van der Waals surface area contributed by atoms with E-state index in [9.17, 15) is 8.42 Å². The Hall–Kier alpha value is -0.130. The lowest BCUT2D eigenvalue weighted by atomic mass is 10.3. The summed E-state index contributed by atoms with van der Waals surface area (Å²) in [6, 6.07) is 0. The van der Waals surface area contributed by atoms with Crippen molar-refractivity contribution in [3.8, 4) is 0 Å². The maximum absolute atomic E-state index is 11.2. The zero-order valence-corrected chi connectivity index (χ0v) is 8.68. The molecule has 0 bridgehead atoms. The Balaban J connectivity index is 2.20. The number of rotatable bonds is 6. The molecule has 1 saturated heterocycles. The molecule has 0 aliphatic carbocycles. The largest absolute Gasteiger partial charge is 0.351 e. The Morgan fingerprint density at radius 3 is 2.62 bits per heavy atom. The highest BCUT2D eigenvalue weighted by Crippen LogP contribution is 2.16. The zero-order chi connectivity index (χ0) is 9.73. The molecule has 4 nitrogen and oxygen atoms in total. The Kier molecular flexibility index (Phi) is 4.15. The second-order valence-corrected chi connectivity index (χ2v) is 4.87. The van der Waals surface area contributed by atoms with E-state index in [0.717, 1.165) is 12.8 Å². The lowest BCUT2D eigenvalue weighted by Gasteiger charge is -2.25. The number of hydrogen-bond donors (Lipinski definition) is 0. The fourth-order valence-corrected chi connectivity index (χ4v) is 2.16. The minimum Gasteiger partial charge on any atom is -0.351 e. The Morgan fingerprint density at radius 1 is 1.46 bits per heavy atom. The van der Waals surface area contributed by atoms with E-state index in [4.69, 9.17) is 8.92 Å². The summed E-state index contributed by atoms with van der Waals surface area (Å²) in [5.41, 5.74) is 0.